The molecule has 2 N–H and O–H groups in total. The van der Waals surface area contributed by atoms with Crippen molar-refractivity contribution in [3.63, 3.8) is 0 Å². The van der Waals surface area contributed by atoms with Gasteiger partial charge in [0.15, 0.2) is 0 Å². The van der Waals surface area contributed by atoms with Crippen molar-refractivity contribution in [2.24, 2.45) is 0 Å². The fourth-order valence-electron chi connectivity index (χ4n) is 0.922. The van der Waals surface area contributed by atoms with Gasteiger partial charge in [0.2, 0.25) is 0 Å². The second-order valence-electron chi connectivity index (χ2n) is 2.64. The van der Waals surface area contributed by atoms with Crippen LogP contribution in [0.15, 0.2) is 24.5 Å². The highest BCUT2D eigenvalue weighted by atomic mass is 16.5. The van der Waals surface area contributed by atoms with E-state index in [9.17, 15) is 4.79 Å². The number of anilines is 1. The molecule has 1 aromatic heterocycles. The lowest BCUT2D eigenvalue weighted by molar-refractivity contribution is -0.137. The van der Waals surface area contributed by atoms with Gasteiger partial charge in [-0.25, -0.2) is 4.79 Å². The normalized spacial score (nSPS) is 10.4. The van der Waals surface area contributed by atoms with Crippen molar-refractivity contribution in [1.29, 1.82) is 0 Å². The van der Waals surface area contributed by atoms with Gasteiger partial charge in [-0.3, -0.25) is 4.98 Å². The molecule has 0 fully saturated rings. The third-order valence-electron chi connectivity index (χ3n) is 1.48. The van der Waals surface area contributed by atoms with Gasteiger partial charge < -0.3 is 10.5 Å². The summed E-state index contributed by atoms with van der Waals surface area (Å²) in [6.45, 7) is 2.13. The Morgan fingerprint density at radius 1 is 1.64 bits per heavy atom. The summed E-state index contributed by atoms with van der Waals surface area (Å²) in [4.78, 5) is 14.8. The second kappa shape index (κ2) is 5.01. The Hall–Kier alpha value is -1.84. The minimum absolute atomic E-state index is 0.366. The van der Waals surface area contributed by atoms with Gasteiger partial charge in [-0.2, -0.15) is 0 Å². The average molecular weight is 192 g/mol. The van der Waals surface area contributed by atoms with E-state index in [0.717, 1.165) is 5.56 Å². The Balaban J connectivity index is 2.64. The molecule has 0 radical (unpaired) electrons. The van der Waals surface area contributed by atoms with Crippen molar-refractivity contribution < 1.29 is 9.53 Å². The van der Waals surface area contributed by atoms with E-state index in [1.165, 1.54) is 6.08 Å². The molecule has 0 aliphatic carbocycles. The first-order valence-corrected chi connectivity index (χ1v) is 4.27. The summed E-state index contributed by atoms with van der Waals surface area (Å²) in [5.74, 6) is -0.366. The van der Waals surface area contributed by atoms with Crippen molar-refractivity contribution in [1.82, 2.24) is 4.98 Å². The molecular formula is C10H12N2O2. The molecule has 0 unspecified atom stereocenters. The smallest absolute Gasteiger partial charge is 0.330 e. The summed E-state index contributed by atoms with van der Waals surface area (Å²) >= 11 is 0. The third kappa shape index (κ3) is 3.26. The average Bonchev–Trinajstić information content (AvgIpc) is 2.15. The predicted octanol–water partition coefficient (Wildman–Crippen LogP) is 1.24. The molecule has 0 saturated heterocycles. The number of pyridine rings is 1. The second-order valence-corrected chi connectivity index (χ2v) is 2.64. The molecule has 1 rings (SSSR count). The zero-order valence-corrected chi connectivity index (χ0v) is 7.93. The van der Waals surface area contributed by atoms with Crippen molar-refractivity contribution in [2.75, 3.05) is 12.3 Å². The third-order valence-corrected chi connectivity index (χ3v) is 1.48. The van der Waals surface area contributed by atoms with Crippen LogP contribution < -0.4 is 5.73 Å². The Labute approximate surface area is 82.4 Å². The zero-order valence-electron chi connectivity index (χ0n) is 7.93. The van der Waals surface area contributed by atoms with Gasteiger partial charge in [-0.15, -0.1) is 0 Å². The quantitative estimate of drug-likeness (QED) is 0.578. The fourth-order valence-corrected chi connectivity index (χ4v) is 0.922. The maximum absolute atomic E-state index is 10.9. The summed E-state index contributed by atoms with van der Waals surface area (Å²) < 4.78 is 4.72. The molecule has 1 aromatic rings. The first-order chi connectivity index (χ1) is 6.72. The van der Waals surface area contributed by atoms with E-state index in [0.29, 0.717) is 12.3 Å². The molecule has 0 aliphatic heterocycles. The van der Waals surface area contributed by atoms with E-state index in [1.807, 2.05) is 0 Å². The SMILES string of the molecule is CCOC(=O)/C=C/c1cncc(N)c1. The van der Waals surface area contributed by atoms with E-state index in [2.05, 4.69) is 4.98 Å². The molecule has 4 nitrogen and oxygen atoms in total. The molecule has 0 amide bonds. The topological polar surface area (TPSA) is 65.2 Å². The highest BCUT2D eigenvalue weighted by Gasteiger charge is 1.94. The van der Waals surface area contributed by atoms with E-state index in [1.54, 1.807) is 31.5 Å². The molecule has 1 heterocycles. The van der Waals surface area contributed by atoms with Crippen molar-refractivity contribution in [3.05, 3.63) is 30.1 Å². The summed E-state index contributed by atoms with van der Waals surface area (Å²) in [6.07, 6.45) is 6.12. The molecule has 4 heteroatoms. The van der Waals surface area contributed by atoms with Crippen molar-refractivity contribution in [3.8, 4) is 0 Å². The predicted molar refractivity (Wildman–Crippen MR) is 54.3 cm³/mol. The number of hydrogen-bond acceptors (Lipinski definition) is 4. The van der Waals surface area contributed by atoms with Crippen LogP contribution in [-0.2, 0) is 9.53 Å². The largest absolute Gasteiger partial charge is 0.463 e. The first-order valence-electron chi connectivity index (χ1n) is 4.27. The monoisotopic (exact) mass is 192 g/mol. The lowest BCUT2D eigenvalue weighted by Gasteiger charge is -1.96. The number of aromatic nitrogens is 1. The highest BCUT2D eigenvalue weighted by molar-refractivity contribution is 5.87. The van der Waals surface area contributed by atoms with Crippen molar-refractivity contribution in [2.45, 2.75) is 6.92 Å². The number of hydrogen-bond donors (Lipinski definition) is 1. The molecular weight excluding hydrogens is 180 g/mol. The van der Waals surface area contributed by atoms with Gasteiger partial charge in [-0.05, 0) is 24.6 Å². The van der Waals surface area contributed by atoms with Gasteiger partial charge in [0.05, 0.1) is 12.3 Å². The maximum Gasteiger partial charge on any atom is 0.330 e. The number of carbonyl (C=O) groups excluding carboxylic acids is 1. The molecule has 74 valence electrons. The van der Waals surface area contributed by atoms with Crippen LogP contribution in [0, 0.1) is 0 Å². The fraction of sp³-hybridized carbons (Fsp3) is 0.200. The van der Waals surface area contributed by atoms with Gasteiger partial charge in [0.1, 0.15) is 0 Å². The number of esters is 1. The van der Waals surface area contributed by atoms with E-state index >= 15 is 0 Å². The van der Waals surface area contributed by atoms with Crippen LogP contribution in [0.25, 0.3) is 6.08 Å². The summed E-state index contributed by atoms with van der Waals surface area (Å²) in [6, 6.07) is 1.72. The minimum atomic E-state index is -0.366. The number of nitrogen functional groups attached to an aromatic ring is 1. The molecule has 0 aliphatic rings. The molecule has 0 bridgehead atoms. The molecule has 14 heavy (non-hydrogen) atoms. The van der Waals surface area contributed by atoms with Crippen LogP contribution in [-0.4, -0.2) is 17.6 Å². The molecule has 0 aromatic carbocycles. The van der Waals surface area contributed by atoms with Gasteiger partial charge >= 0.3 is 5.97 Å². The molecule has 0 saturated carbocycles. The lowest BCUT2D eigenvalue weighted by atomic mass is 10.2. The van der Waals surface area contributed by atoms with Gasteiger partial charge in [-0.1, -0.05) is 0 Å². The Morgan fingerprint density at radius 2 is 2.43 bits per heavy atom. The van der Waals surface area contributed by atoms with E-state index in [4.69, 9.17) is 10.5 Å². The van der Waals surface area contributed by atoms with E-state index in [-0.39, 0.29) is 5.97 Å². The van der Waals surface area contributed by atoms with Crippen LogP contribution in [0.4, 0.5) is 5.69 Å². The van der Waals surface area contributed by atoms with Crippen molar-refractivity contribution >= 4 is 17.7 Å². The Bertz CT molecular complexity index is 348. The van der Waals surface area contributed by atoms with Gasteiger partial charge in [0.25, 0.3) is 0 Å². The van der Waals surface area contributed by atoms with Crippen LogP contribution in [0.3, 0.4) is 0 Å². The van der Waals surface area contributed by atoms with Gasteiger partial charge in [0, 0.05) is 18.5 Å². The summed E-state index contributed by atoms with van der Waals surface area (Å²) in [5.41, 5.74) is 6.85. The lowest BCUT2D eigenvalue weighted by Crippen LogP contribution is -1.98. The first kappa shape index (κ1) is 10.2. The zero-order chi connectivity index (χ0) is 10.4. The number of ether oxygens (including phenoxy) is 1. The molecule has 0 spiro atoms. The Morgan fingerprint density at radius 3 is 3.07 bits per heavy atom. The van der Waals surface area contributed by atoms with Crippen LogP contribution in [0.5, 0.6) is 0 Å². The minimum Gasteiger partial charge on any atom is -0.463 e. The van der Waals surface area contributed by atoms with Crippen LogP contribution in [0.2, 0.25) is 0 Å². The summed E-state index contributed by atoms with van der Waals surface area (Å²) in [5, 5.41) is 0. The number of carbonyl (C=O) groups is 1. The van der Waals surface area contributed by atoms with Crippen LogP contribution >= 0.6 is 0 Å². The number of rotatable bonds is 3. The Kier molecular flexibility index (Phi) is 3.67. The number of nitrogens with two attached hydrogens (primary N) is 1. The standard InChI is InChI=1S/C10H12N2O2/c1-2-14-10(13)4-3-8-5-9(11)7-12-6-8/h3-7H,2,11H2,1H3/b4-3+. The molecule has 0 atom stereocenters. The number of nitrogens with zero attached hydrogens (tertiary/aromatic N) is 1. The highest BCUT2D eigenvalue weighted by Crippen LogP contribution is 2.05. The maximum atomic E-state index is 10.9. The van der Waals surface area contributed by atoms with Crippen LogP contribution in [0.1, 0.15) is 12.5 Å². The van der Waals surface area contributed by atoms with E-state index < -0.39 is 0 Å². The summed E-state index contributed by atoms with van der Waals surface area (Å²) in [7, 11) is 0.